The third-order valence-electron chi connectivity index (χ3n) is 4.32. The first kappa shape index (κ1) is 20.8. The number of unbranched alkanes of at least 4 members (excludes halogenated alkanes) is 1. The summed E-state index contributed by atoms with van der Waals surface area (Å²) in [6.07, 6.45) is 3.46. The van der Waals surface area contributed by atoms with E-state index in [1.54, 1.807) is 43.6 Å². The predicted octanol–water partition coefficient (Wildman–Crippen LogP) is 4.22. The van der Waals surface area contributed by atoms with E-state index >= 15 is 0 Å². The van der Waals surface area contributed by atoms with Crippen molar-refractivity contribution >= 4 is 17.3 Å². The average molecular weight is 410 g/mol. The van der Waals surface area contributed by atoms with Crippen LogP contribution in [0.5, 0.6) is 11.5 Å². The number of anilines is 1. The van der Waals surface area contributed by atoms with Crippen molar-refractivity contribution in [3.63, 3.8) is 0 Å². The molecule has 0 unspecified atom stereocenters. The number of nitro groups is 1. The molecule has 0 bridgehead atoms. The lowest BCUT2D eigenvalue weighted by Crippen LogP contribution is -2.14. The van der Waals surface area contributed by atoms with Gasteiger partial charge < -0.3 is 14.8 Å². The Labute approximate surface area is 173 Å². The van der Waals surface area contributed by atoms with Crippen molar-refractivity contribution in [3.8, 4) is 17.2 Å². The maximum atomic E-state index is 12.7. The molecule has 0 aliphatic rings. The van der Waals surface area contributed by atoms with E-state index in [9.17, 15) is 14.9 Å². The van der Waals surface area contributed by atoms with Crippen LogP contribution in [0.2, 0.25) is 0 Å². The molecule has 0 aliphatic heterocycles. The molecule has 0 aliphatic carbocycles. The van der Waals surface area contributed by atoms with E-state index in [1.807, 2.05) is 0 Å². The second kappa shape index (κ2) is 9.55. The van der Waals surface area contributed by atoms with Crippen molar-refractivity contribution in [2.75, 3.05) is 19.0 Å². The molecule has 1 N–H and O–H groups in total. The van der Waals surface area contributed by atoms with Crippen LogP contribution in [0.25, 0.3) is 5.69 Å². The normalized spacial score (nSPS) is 10.5. The van der Waals surface area contributed by atoms with Crippen LogP contribution in [0.15, 0.2) is 54.7 Å². The summed E-state index contributed by atoms with van der Waals surface area (Å²) in [6.45, 7) is 2.60. The summed E-state index contributed by atoms with van der Waals surface area (Å²) in [7, 11) is 1.54. The van der Waals surface area contributed by atoms with Crippen molar-refractivity contribution in [1.82, 2.24) is 9.78 Å². The largest absolute Gasteiger partial charge is 0.497 e. The molecule has 3 aromatic rings. The molecule has 9 nitrogen and oxygen atoms in total. The number of non-ortho nitro benzene ring substituents is 1. The zero-order chi connectivity index (χ0) is 21.5. The number of rotatable bonds is 9. The highest BCUT2D eigenvalue weighted by Gasteiger charge is 2.15. The molecule has 0 radical (unpaired) electrons. The molecule has 0 fully saturated rings. The summed E-state index contributed by atoms with van der Waals surface area (Å²) in [5, 5.41) is 18.0. The predicted molar refractivity (Wildman–Crippen MR) is 112 cm³/mol. The molecule has 3 rings (SSSR count). The van der Waals surface area contributed by atoms with E-state index in [0.29, 0.717) is 29.5 Å². The Balaban J connectivity index is 1.80. The lowest BCUT2D eigenvalue weighted by atomic mass is 10.2. The minimum absolute atomic E-state index is 0.0562. The smallest absolute Gasteiger partial charge is 0.276 e. The Morgan fingerprint density at radius 1 is 1.23 bits per heavy atom. The summed E-state index contributed by atoms with van der Waals surface area (Å²) >= 11 is 0. The van der Waals surface area contributed by atoms with Crippen LogP contribution in [0, 0.1) is 10.1 Å². The highest BCUT2D eigenvalue weighted by atomic mass is 16.6. The molecule has 0 atom stereocenters. The van der Waals surface area contributed by atoms with Gasteiger partial charge >= 0.3 is 0 Å². The first-order valence-corrected chi connectivity index (χ1v) is 9.44. The van der Waals surface area contributed by atoms with Gasteiger partial charge in [-0.3, -0.25) is 14.9 Å². The van der Waals surface area contributed by atoms with E-state index in [-0.39, 0.29) is 11.4 Å². The fraction of sp³-hybridized carbons (Fsp3) is 0.238. The zero-order valence-electron chi connectivity index (χ0n) is 16.7. The van der Waals surface area contributed by atoms with Crippen molar-refractivity contribution in [2.24, 2.45) is 0 Å². The van der Waals surface area contributed by atoms with E-state index < -0.39 is 10.8 Å². The van der Waals surface area contributed by atoms with Crippen LogP contribution < -0.4 is 14.8 Å². The summed E-state index contributed by atoms with van der Waals surface area (Å²) < 4.78 is 12.4. The minimum atomic E-state index is -0.483. The summed E-state index contributed by atoms with van der Waals surface area (Å²) in [5.74, 6) is 0.679. The Bertz CT molecular complexity index is 1050. The second-order valence-electron chi connectivity index (χ2n) is 6.44. The van der Waals surface area contributed by atoms with Gasteiger partial charge in [0, 0.05) is 24.4 Å². The van der Waals surface area contributed by atoms with Crippen LogP contribution >= 0.6 is 0 Å². The van der Waals surface area contributed by atoms with Gasteiger partial charge in [-0.05, 0) is 30.7 Å². The fourth-order valence-corrected chi connectivity index (χ4v) is 2.71. The van der Waals surface area contributed by atoms with Gasteiger partial charge in [-0.25, -0.2) is 4.68 Å². The lowest BCUT2D eigenvalue weighted by Gasteiger charge is -2.13. The van der Waals surface area contributed by atoms with E-state index in [1.165, 1.54) is 22.9 Å². The van der Waals surface area contributed by atoms with Gasteiger partial charge in [-0.2, -0.15) is 5.10 Å². The van der Waals surface area contributed by atoms with Crippen molar-refractivity contribution in [2.45, 2.75) is 19.8 Å². The van der Waals surface area contributed by atoms with E-state index in [2.05, 4.69) is 17.3 Å². The summed E-state index contributed by atoms with van der Waals surface area (Å²) in [6, 6.07) is 12.7. The SMILES string of the molecule is CCCCOc1ccc(OC)cc1NC(=O)c1ccn(-c2cccc([N+](=O)[O-])c2)n1. The number of nitrogens with zero attached hydrogens (tertiary/aromatic N) is 3. The number of amides is 1. The van der Waals surface area contributed by atoms with Crippen LogP contribution in [-0.2, 0) is 0 Å². The van der Waals surface area contributed by atoms with Gasteiger partial charge in [0.25, 0.3) is 11.6 Å². The molecule has 2 aromatic carbocycles. The van der Waals surface area contributed by atoms with E-state index in [0.717, 1.165) is 12.8 Å². The van der Waals surface area contributed by atoms with Gasteiger partial charge in [-0.1, -0.05) is 19.4 Å². The number of aromatic nitrogens is 2. The highest BCUT2D eigenvalue weighted by Crippen LogP contribution is 2.30. The van der Waals surface area contributed by atoms with Crippen LogP contribution in [0.3, 0.4) is 0 Å². The molecular formula is C21H22N4O5. The standard InChI is InChI=1S/C21H22N4O5/c1-3-4-12-30-20-9-8-17(29-2)14-19(20)22-21(26)18-10-11-24(23-18)15-6-5-7-16(13-15)25(27)28/h5-11,13-14H,3-4,12H2,1-2H3,(H,22,26). The zero-order valence-corrected chi connectivity index (χ0v) is 16.7. The average Bonchev–Trinajstić information content (AvgIpc) is 3.25. The van der Waals surface area contributed by atoms with Crippen molar-refractivity contribution in [1.29, 1.82) is 0 Å². The number of carbonyl (C=O) groups is 1. The molecule has 1 aromatic heterocycles. The number of nitro benzene ring substituents is 1. The van der Waals surface area contributed by atoms with Gasteiger partial charge in [0.1, 0.15) is 11.5 Å². The number of hydrogen-bond acceptors (Lipinski definition) is 6. The third-order valence-corrected chi connectivity index (χ3v) is 4.32. The topological polar surface area (TPSA) is 109 Å². The Morgan fingerprint density at radius 3 is 2.80 bits per heavy atom. The Kier molecular flexibility index (Phi) is 6.63. The number of methoxy groups -OCH3 is 1. The maximum Gasteiger partial charge on any atom is 0.276 e. The fourth-order valence-electron chi connectivity index (χ4n) is 2.71. The highest BCUT2D eigenvalue weighted by molar-refractivity contribution is 6.03. The molecule has 0 saturated carbocycles. The molecule has 30 heavy (non-hydrogen) atoms. The molecule has 1 heterocycles. The van der Waals surface area contributed by atoms with Gasteiger partial charge in [0.05, 0.1) is 30.0 Å². The number of benzene rings is 2. The monoisotopic (exact) mass is 410 g/mol. The van der Waals surface area contributed by atoms with E-state index in [4.69, 9.17) is 9.47 Å². The third kappa shape index (κ3) is 4.93. The quantitative estimate of drug-likeness (QED) is 0.321. The van der Waals surface area contributed by atoms with Gasteiger partial charge in [0.2, 0.25) is 0 Å². The van der Waals surface area contributed by atoms with Crippen LogP contribution in [0.4, 0.5) is 11.4 Å². The summed E-state index contributed by atoms with van der Waals surface area (Å²) in [4.78, 5) is 23.2. The molecule has 9 heteroatoms. The Morgan fingerprint density at radius 2 is 2.07 bits per heavy atom. The minimum Gasteiger partial charge on any atom is -0.497 e. The second-order valence-corrected chi connectivity index (χ2v) is 6.44. The molecule has 0 saturated heterocycles. The number of nitrogens with one attached hydrogen (secondary N) is 1. The number of carbonyl (C=O) groups excluding carboxylic acids is 1. The first-order chi connectivity index (χ1) is 14.5. The van der Waals surface area contributed by atoms with Crippen molar-refractivity contribution < 1.29 is 19.2 Å². The molecule has 0 spiro atoms. The summed E-state index contributed by atoms with van der Waals surface area (Å²) in [5.41, 5.74) is 1.05. The molecule has 1 amide bonds. The number of hydrogen-bond donors (Lipinski definition) is 1. The van der Waals surface area contributed by atoms with Crippen LogP contribution in [0.1, 0.15) is 30.3 Å². The number of ether oxygens (including phenoxy) is 2. The van der Waals surface area contributed by atoms with Crippen molar-refractivity contribution in [3.05, 3.63) is 70.5 Å². The molecular weight excluding hydrogens is 388 g/mol. The van der Waals surface area contributed by atoms with Crippen LogP contribution in [-0.4, -0.2) is 34.3 Å². The molecule has 156 valence electrons. The van der Waals surface area contributed by atoms with Gasteiger partial charge in [-0.15, -0.1) is 0 Å². The Hall–Kier alpha value is -3.88. The van der Waals surface area contributed by atoms with Gasteiger partial charge in [0.15, 0.2) is 5.69 Å². The lowest BCUT2D eigenvalue weighted by molar-refractivity contribution is -0.384. The maximum absolute atomic E-state index is 12.7. The first-order valence-electron chi connectivity index (χ1n) is 9.44.